The van der Waals surface area contributed by atoms with E-state index in [4.69, 9.17) is 37.1 Å². The minimum Gasteiger partial charge on any atom is -0.477 e. The number of carbonyl (C=O) groups excluding carboxylic acids is 1. The molecule has 0 fully saturated rings. The number of carbonyl (C=O) groups is 1. The van der Waals surface area contributed by atoms with Crippen LogP contribution in [-0.2, 0) is 13.1 Å². The van der Waals surface area contributed by atoms with Crippen LogP contribution in [0.15, 0.2) is 52.8 Å². The summed E-state index contributed by atoms with van der Waals surface area (Å²) >= 11 is 12.3. The Balaban J connectivity index is 1.42. The quantitative estimate of drug-likeness (QED) is 0.476. The number of furan rings is 1. The normalized spacial score (nSPS) is 16.9. The van der Waals surface area contributed by atoms with E-state index in [-0.39, 0.29) is 11.5 Å². The zero-order valence-corrected chi connectivity index (χ0v) is 17.6. The second-order valence-electron chi connectivity index (χ2n) is 7.32. The summed E-state index contributed by atoms with van der Waals surface area (Å²) in [6.07, 6.45) is 3.16. The first-order valence-electron chi connectivity index (χ1n) is 9.43. The van der Waals surface area contributed by atoms with Crippen molar-refractivity contribution in [2.24, 2.45) is 0 Å². The smallest absolute Gasteiger partial charge is 0.232 e. The molecular weight excluding hydrogens is 425 g/mol. The lowest BCUT2D eigenvalue weighted by Gasteiger charge is -2.30. The summed E-state index contributed by atoms with van der Waals surface area (Å²) in [6.45, 7) is 3.56. The lowest BCUT2D eigenvalue weighted by molar-refractivity contribution is 0.0877. The molecule has 5 nitrogen and oxygen atoms in total. The summed E-state index contributed by atoms with van der Waals surface area (Å²) in [6, 6.07) is 10.9. The van der Waals surface area contributed by atoms with Crippen LogP contribution in [0.1, 0.15) is 32.8 Å². The van der Waals surface area contributed by atoms with Gasteiger partial charge in [-0.3, -0.25) is 9.69 Å². The Labute approximate surface area is 183 Å². The molecule has 0 aliphatic carbocycles. The monoisotopic (exact) mass is 441 g/mol. The molecule has 2 aromatic carbocycles. The Kier molecular flexibility index (Phi) is 4.82. The van der Waals surface area contributed by atoms with Crippen LogP contribution in [-0.4, -0.2) is 17.4 Å². The summed E-state index contributed by atoms with van der Waals surface area (Å²) in [5, 5.41) is 1.22. The van der Waals surface area contributed by atoms with Crippen LogP contribution in [0.5, 0.6) is 11.5 Å². The third-order valence-electron chi connectivity index (χ3n) is 5.23. The zero-order chi connectivity index (χ0) is 20.8. The summed E-state index contributed by atoms with van der Waals surface area (Å²) in [7, 11) is 0. The Morgan fingerprint density at radius 3 is 2.80 bits per heavy atom. The fraction of sp³-hybridized carbons (Fsp3) is 0.174. The van der Waals surface area contributed by atoms with Crippen molar-refractivity contribution in [3.05, 3.63) is 86.5 Å². The molecule has 0 N–H and O–H groups in total. The van der Waals surface area contributed by atoms with Crippen molar-refractivity contribution in [3.8, 4) is 11.5 Å². The molecule has 0 saturated carbocycles. The fourth-order valence-corrected chi connectivity index (χ4v) is 4.26. The molecule has 30 heavy (non-hydrogen) atoms. The van der Waals surface area contributed by atoms with Crippen molar-refractivity contribution in [2.45, 2.75) is 20.0 Å². The number of hydrogen-bond donors (Lipinski definition) is 0. The SMILES string of the molecule is Cc1c2c(cc3c1O/C(=C\c1ccco1)C3=O)CN(Cc1ccc(Cl)cc1Cl)CO2. The van der Waals surface area contributed by atoms with Crippen LogP contribution in [0.4, 0.5) is 0 Å². The van der Waals surface area contributed by atoms with Crippen LogP contribution < -0.4 is 9.47 Å². The molecule has 3 heterocycles. The van der Waals surface area contributed by atoms with Crippen molar-refractivity contribution in [1.82, 2.24) is 4.90 Å². The lowest BCUT2D eigenvalue weighted by atomic mass is 10.00. The van der Waals surface area contributed by atoms with E-state index in [0.29, 0.717) is 46.9 Å². The molecule has 1 aromatic heterocycles. The van der Waals surface area contributed by atoms with Crippen LogP contribution in [0.3, 0.4) is 0 Å². The van der Waals surface area contributed by atoms with Gasteiger partial charge >= 0.3 is 0 Å². The average Bonchev–Trinajstić information content (AvgIpc) is 3.34. The highest BCUT2D eigenvalue weighted by Crippen LogP contribution is 2.43. The molecule has 0 atom stereocenters. The summed E-state index contributed by atoms with van der Waals surface area (Å²) in [4.78, 5) is 15.0. The van der Waals surface area contributed by atoms with E-state index >= 15 is 0 Å². The number of ketones is 1. The topological polar surface area (TPSA) is 51.9 Å². The number of nitrogens with zero attached hydrogens (tertiary/aromatic N) is 1. The average molecular weight is 442 g/mol. The third kappa shape index (κ3) is 3.39. The van der Waals surface area contributed by atoms with Crippen molar-refractivity contribution >= 4 is 35.1 Å². The molecule has 2 aliphatic rings. The molecule has 152 valence electrons. The van der Waals surface area contributed by atoms with Gasteiger partial charge in [-0.2, -0.15) is 0 Å². The van der Waals surface area contributed by atoms with E-state index in [1.807, 2.05) is 25.1 Å². The molecular formula is C23H17Cl2NO4. The number of Topliss-reactive ketones (excluding diaryl/α,β-unsaturated/α-hetero) is 1. The third-order valence-corrected chi connectivity index (χ3v) is 5.81. The van der Waals surface area contributed by atoms with Gasteiger partial charge < -0.3 is 13.9 Å². The summed E-state index contributed by atoms with van der Waals surface area (Å²) < 4.78 is 17.2. The maximum atomic E-state index is 12.9. The van der Waals surface area contributed by atoms with Crippen LogP contribution >= 0.6 is 23.2 Å². The Morgan fingerprint density at radius 1 is 1.17 bits per heavy atom. The summed E-state index contributed by atoms with van der Waals surface area (Å²) in [5.41, 5.74) is 3.27. The molecule has 0 unspecified atom stereocenters. The minimum absolute atomic E-state index is 0.162. The van der Waals surface area contributed by atoms with Crippen molar-refractivity contribution in [2.75, 3.05) is 6.73 Å². The van der Waals surface area contributed by atoms with Gasteiger partial charge in [0.05, 0.1) is 11.8 Å². The predicted molar refractivity (Wildman–Crippen MR) is 114 cm³/mol. The number of allylic oxidation sites excluding steroid dienone is 1. The Morgan fingerprint density at radius 2 is 2.03 bits per heavy atom. The van der Waals surface area contributed by atoms with Gasteiger partial charge in [0.1, 0.15) is 24.0 Å². The number of rotatable bonds is 3. The van der Waals surface area contributed by atoms with Crippen LogP contribution in [0.25, 0.3) is 6.08 Å². The van der Waals surface area contributed by atoms with Gasteiger partial charge in [-0.25, -0.2) is 0 Å². The molecule has 0 radical (unpaired) electrons. The van der Waals surface area contributed by atoms with E-state index in [1.165, 1.54) is 0 Å². The van der Waals surface area contributed by atoms with Gasteiger partial charge in [-0.1, -0.05) is 29.3 Å². The highest BCUT2D eigenvalue weighted by molar-refractivity contribution is 6.35. The first-order valence-corrected chi connectivity index (χ1v) is 10.2. The van der Waals surface area contributed by atoms with Crippen LogP contribution in [0.2, 0.25) is 10.0 Å². The molecule has 3 aromatic rings. The number of hydrogen-bond acceptors (Lipinski definition) is 5. The highest BCUT2D eigenvalue weighted by Gasteiger charge is 2.33. The van der Waals surface area contributed by atoms with Gasteiger partial charge in [0.15, 0.2) is 5.76 Å². The van der Waals surface area contributed by atoms with Gasteiger partial charge in [0.2, 0.25) is 5.78 Å². The minimum atomic E-state index is -0.162. The van der Waals surface area contributed by atoms with Crippen molar-refractivity contribution < 1.29 is 18.7 Å². The second kappa shape index (κ2) is 7.51. The number of benzene rings is 2. The van der Waals surface area contributed by atoms with E-state index in [1.54, 1.807) is 30.5 Å². The first kappa shape index (κ1) is 19.2. The molecule has 0 spiro atoms. The number of halogens is 2. The molecule has 5 rings (SSSR count). The molecule has 0 bridgehead atoms. The Bertz CT molecular complexity index is 1180. The molecule has 7 heteroatoms. The van der Waals surface area contributed by atoms with Crippen molar-refractivity contribution in [1.29, 1.82) is 0 Å². The van der Waals surface area contributed by atoms with Crippen LogP contribution in [0, 0.1) is 6.92 Å². The first-order chi connectivity index (χ1) is 14.5. The maximum Gasteiger partial charge on any atom is 0.232 e. The van der Waals surface area contributed by atoms with E-state index in [9.17, 15) is 4.79 Å². The fourth-order valence-electron chi connectivity index (χ4n) is 3.79. The molecule has 0 saturated heterocycles. The van der Waals surface area contributed by atoms with E-state index in [2.05, 4.69) is 4.90 Å². The standard InChI is InChI=1S/C23H17Cl2NO4/c1-13-22-15(11-26(12-29-22)10-14-4-5-16(24)8-19(14)25)7-18-21(27)20(30-23(13)18)9-17-3-2-6-28-17/h2-9H,10-12H2,1H3/b20-9-. The van der Waals surface area contributed by atoms with Crippen molar-refractivity contribution in [3.63, 3.8) is 0 Å². The number of ether oxygens (including phenoxy) is 2. The van der Waals surface area contributed by atoms with E-state index < -0.39 is 0 Å². The second-order valence-corrected chi connectivity index (χ2v) is 8.16. The molecule has 2 aliphatic heterocycles. The molecule has 0 amide bonds. The highest BCUT2D eigenvalue weighted by atomic mass is 35.5. The van der Waals surface area contributed by atoms with Gasteiger partial charge in [0.25, 0.3) is 0 Å². The summed E-state index contributed by atoms with van der Waals surface area (Å²) in [5.74, 6) is 1.96. The lowest BCUT2D eigenvalue weighted by Crippen LogP contribution is -2.32. The Hall–Kier alpha value is -2.73. The van der Waals surface area contributed by atoms with Gasteiger partial charge in [-0.05, 0) is 42.8 Å². The zero-order valence-electron chi connectivity index (χ0n) is 16.1. The van der Waals surface area contributed by atoms with Gasteiger partial charge in [0, 0.05) is 40.3 Å². The maximum absolute atomic E-state index is 12.9. The number of fused-ring (bicyclic) bond motifs is 2. The van der Waals surface area contributed by atoms with Gasteiger partial charge in [-0.15, -0.1) is 0 Å². The van der Waals surface area contributed by atoms with E-state index in [0.717, 1.165) is 22.4 Å². The largest absolute Gasteiger partial charge is 0.477 e. The predicted octanol–water partition coefficient (Wildman–Crippen LogP) is 5.86.